The lowest BCUT2D eigenvalue weighted by atomic mass is 10.1. The van der Waals surface area contributed by atoms with Crippen molar-refractivity contribution < 1.29 is 14.3 Å². The Morgan fingerprint density at radius 2 is 2.03 bits per heavy atom. The molecule has 2 rings (SSSR count). The zero-order chi connectivity index (χ0) is 21.1. The highest BCUT2D eigenvalue weighted by atomic mass is 16.5. The molecule has 1 heterocycles. The predicted molar refractivity (Wildman–Crippen MR) is 116 cm³/mol. The number of aliphatic imine (C=N–C) groups is 1. The topological polar surface area (TPSA) is 75.2 Å². The van der Waals surface area contributed by atoms with Crippen molar-refractivity contribution >= 4 is 11.9 Å². The van der Waals surface area contributed by atoms with Crippen LogP contribution in [0.5, 0.6) is 0 Å². The van der Waals surface area contributed by atoms with E-state index >= 15 is 0 Å². The van der Waals surface area contributed by atoms with Gasteiger partial charge in [-0.05, 0) is 37.5 Å². The number of carbonyl (C=O) groups is 1. The van der Waals surface area contributed by atoms with Crippen LogP contribution in [0.4, 0.5) is 0 Å². The lowest BCUT2D eigenvalue weighted by molar-refractivity contribution is -0.0284. The Labute approximate surface area is 174 Å². The van der Waals surface area contributed by atoms with E-state index in [1.54, 1.807) is 19.1 Å². The van der Waals surface area contributed by atoms with E-state index in [1.165, 1.54) is 0 Å². The predicted octanol–water partition coefficient (Wildman–Crippen LogP) is 2.28. The van der Waals surface area contributed by atoms with Gasteiger partial charge in [0.1, 0.15) is 0 Å². The number of guanidine groups is 1. The fourth-order valence-corrected chi connectivity index (χ4v) is 3.27. The molecular weight excluding hydrogens is 368 g/mol. The Hall–Kier alpha value is -2.12. The van der Waals surface area contributed by atoms with E-state index in [9.17, 15) is 4.79 Å². The van der Waals surface area contributed by atoms with Crippen LogP contribution in [-0.2, 0) is 16.0 Å². The Morgan fingerprint density at radius 3 is 2.69 bits per heavy atom. The van der Waals surface area contributed by atoms with Gasteiger partial charge in [-0.25, -0.2) is 9.79 Å². The Morgan fingerprint density at radius 1 is 1.28 bits per heavy atom. The molecule has 0 aliphatic carbocycles. The number of rotatable bonds is 9. The smallest absolute Gasteiger partial charge is 0.338 e. The minimum atomic E-state index is -0.295. The molecule has 7 heteroatoms. The van der Waals surface area contributed by atoms with E-state index in [0.29, 0.717) is 24.6 Å². The highest BCUT2D eigenvalue weighted by Gasteiger charge is 2.21. The van der Waals surface area contributed by atoms with Crippen molar-refractivity contribution in [2.75, 3.05) is 45.9 Å². The standard InChI is InChI=1S/C22H36N4O3/c1-5-23-22(25-14-20-16-26(11-12-29-20)15-17(3)4)24-13-18-7-9-19(10-8-18)21(27)28-6-2/h7-10,17,20H,5-6,11-16H2,1-4H3,(H2,23,24,25). The van der Waals surface area contributed by atoms with Crippen molar-refractivity contribution in [1.82, 2.24) is 15.5 Å². The van der Waals surface area contributed by atoms with Gasteiger partial charge in [-0.2, -0.15) is 0 Å². The highest BCUT2D eigenvalue weighted by molar-refractivity contribution is 5.89. The summed E-state index contributed by atoms with van der Waals surface area (Å²) < 4.78 is 10.9. The highest BCUT2D eigenvalue weighted by Crippen LogP contribution is 2.09. The summed E-state index contributed by atoms with van der Waals surface area (Å²) in [5.74, 6) is 1.14. The molecule has 1 fully saturated rings. The summed E-state index contributed by atoms with van der Waals surface area (Å²) in [7, 11) is 0. The molecule has 1 aliphatic rings. The molecule has 1 aromatic rings. The second-order valence-corrected chi connectivity index (χ2v) is 7.64. The quantitative estimate of drug-likeness (QED) is 0.374. The summed E-state index contributed by atoms with van der Waals surface area (Å²) in [6.07, 6.45) is 0.162. The zero-order valence-corrected chi connectivity index (χ0v) is 18.2. The van der Waals surface area contributed by atoms with E-state index in [0.717, 1.165) is 50.9 Å². The fourth-order valence-electron chi connectivity index (χ4n) is 3.27. The van der Waals surface area contributed by atoms with Crippen LogP contribution in [0.2, 0.25) is 0 Å². The van der Waals surface area contributed by atoms with Gasteiger partial charge in [-0.15, -0.1) is 0 Å². The summed E-state index contributed by atoms with van der Waals surface area (Å²) in [6, 6.07) is 7.38. The molecule has 7 nitrogen and oxygen atoms in total. The molecule has 0 spiro atoms. The van der Waals surface area contributed by atoms with Gasteiger partial charge in [0.05, 0.1) is 31.4 Å². The van der Waals surface area contributed by atoms with Crippen molar-refractivity contribution in [1.29, 1.82) is 0 Å². The van der Waals surface area contributed by atoms with Crippen LogP contribution >= 0.6 is 0 Å². The van der Waals surface area contributed by atoms with E-state index in [4.69, 9.17) is 9.47 Å². The Kier molecular flexibility index (Phi) is 9.94. The number of nitrogens with zero attached hydrogens (tertiary/aromatic N) is 2. The van der Waals surface area contributed by atoms with E-state index in [2.05, 4.69) is 34.4 Å². The molecule has 0 bridgehead atoms. The van der Waals surface area contributed by atoms with Gasteiger partial charge in [-0.3, -0.25) is 4.90 Å². The van der Waals surface area contributed by atoms with Crippen LogP contribution in [-0.4, -0.2) is 68.9 Å². The molecule has 1 aromatic carbocycles. The van der Waals surface area contributed by atoms with E-state index in [-0.39, 0.29) is 12.1 Å². The van der Waals surface area contributed by atoms with Crippen molar-refractivity contribution in [3.8, 4) is 0 Å². The summed E-state index contributed by atoms with van der Waals surface area (Å²) in [5, 5.41) is 6.67. The molecule has 0 radical (unpaired) electrons. The normalized spacial score (nSPS) is 18.0. The minimum Gasteiger partial charge on any atom is -0.462 e. The average Bonchev–Trinajstić information content (AvgIpc) is 2.70. The molecule has 162 valence electrons. The number of ether oxygens (including phenoxy) is 2. The number of esters is 1. The van der Waals surface area contributed by atoms with Gasteiger partial charge >= 0.3 is 5.97 Å². The zero-order valence-electron chi connectivity index (χ0n) is 18.2. The van der Waals surface area contributed by atoms with Crippen molar-refractivity contribution in [3.05, 3.63) is 35.4 Å². The molecule has 29 heavy (non-hydrogen) atoms. The molecular formula is C22H36N4O3. The maximum Gasteiger partial charge on any atom is 0.338 e. The summed E-state index contributed by atoms with van der Waals surface area (Å²) in [6.45, 7) is 14.6. The molecule has 0 amide bonds. The van der Waals surface area contributed by atoms with Crippen molar-refractivity contribution in [3.63, 3.8) is 0 Å². The van der Waals surface area contributed by atoms with E-state index in [1.807, 2.05) is 19.1 Å². The fraction of sp³-hybridized carbons (Fsp3) is 0.636. The van der Waals surface area contributed by atoms with Gasteiger partial charge in [0.25, 0.3) is 0 Å². The largest absolute Gasteiger partial charge is 0.462 e. The lowest BCUT2D eigenvalue weighted by Crippen LogP contribution is -2.50. The summed E-state index contributed by atoms with van der Waals surface area (Å²) in [4.78, 5) is 18.9. The lowest BCUT2D eigenvalue weighted by Gasteiger charge is -2.34. The van der Waals surface area contributed by atoms with Crippen molar-refractivity contribution in [2.24, 2.45) is 10.9 Å². The number of hydrogen-bond donors (Lipinski definition) is 2. The number of nitrogens with one attached hydrogen (secondary N) is 2. The van der Waals surface area contributed by atoms with Crippen LogP contribution in [0.1, 0.15) is 43.6 Å². The molecule has 0 aromatic heterocycles. The number of morpholine rings is 1. The Bertz CT molecular complexity index is 646. The summed E-state index contributed by atoms with van der Waals surface area (Å²) >= 11 is 0. The number of benzene rings is 1. The van der Waals surface area contributed by atoms with Gasteiger partial charge < -0.3 is 20.1 Å². The first-order chi connectivity index (χ1) is 14.0. The molecule has 1 saturated heterocycles. The maximum atomic E-state index is 11.7. The van der Waals surface area contributed by atoms with Gasteiger partial charge in [0.15, 0.2) is 5.96 Å². The summed E-state index contributed by atoms with van der Waals surface area (Å²) in [5.41, 5.74) is 1.59. The third kappa shape index (κ3) is 8.41. The molecule has 0 saturated carbocycles. The van der Waals surface area contributed by atoms with Crippen LogP contribution in [0.3, 0.4) is 0 Å². The average molecular weight is 405 g/mol. The molecule has 1 atom stereocenters. The van der Waals surface area contributed by atoms with E-state index < -0.39 is 0 Å². The SMILES string of the molecule is CCNC(=NCc1ccc(C(=O)OCC)cc1)NCC1CN(CC(C)C)CCO1. The Balaban J connectivity index is 1.86. The molecule has 2 N–H and O–H groups in total. The first kappa shape index (κ1) is 23.2. The maximum absolute atomic E-state index is 11.7. The molecule has 1 unspecified atom stereocenters. The van der Waals surface area contributed by atoms with Gasteiger partial charge in [0, 0.05) is 32.7 Å². The molecule has 1 aliphatic heterocycles. The van der Waals surface area contributed by atoms with Crippen molar-refractivity contribution in [2.45, 2.75) is 40.3 Å². The van der Waals surface area contributed by atoms with Gasteiger partial charge in [0.2, 0.25) is 0 Å². The number of hydrogen-bond acceptors (Lipinski definition) is 5. The monoisotopic (exact) mass is 404 g/mol. The second kappa shape index (κ2) is 12.4. The van der Waals surface area contributed by atoms with Crippen LogP contribution < -0.4 is 10.6 Å². The first-order valence-electron chi connectivity index (χ1n) is 10.6. The van der Waals surface area contributed by atoms with Gasteiger partial charge in [-0.1, -0.05) is 26.0 Å². The second-order valence-electron chi connectivity index (χ2n) is 7.64. The van der Waals surface area contributed by atoms with Crippen LogP contribution in [0.15, 0.2) is 29.3 Å². The number of carbonyl (C=O) groups excluding carboxylic acids is 1. The third-order valence-electron chi connectivity index (χ3n) is 4.57. The van der Waals surface area contributed by atoms with Crippen LogP contribution in [0.25, 0.3) is 0 Å². The van der Waals surface area contributed by atoms with Crippen LogP contribution in [0, 0.1) is 5.92 Å². The first-order valence-corrected chi connectivity index (χ1v) is 10.6. The minimum absolute atomic E-state index is 0.162. The third-order valence-corrected chi connectivity index (χ3v) is 4.57.